The zero-order chi connectivity index (χ0) is 31.3. The number of fused-ring (bicyclic) bond motifs is 3. The number of thiophene rings is 1. The van der Waals surface area contributed by atoms with Gasteiger partial charge >= 0.3 is 0 Å². The van der Waals surface area contributed by atoms with Crippen molar-refractivity contribution in [1.82, 2.24) is 5.32 Å². The van der Waals surface area contributed by atoms with Gasteiger partial charge in [0.25, 0.3) is 0 Å². The molecule has 5 nitrogen and oxygen atoms in total. The van der Waals surface area contributed by atoms with Gasteiger partial charge in [-0.05, 0) is 65.7 Å². The number of nitrogens with one attached hydrogen (secondary N) is 3. The van der Waals surface area contributed by atoms with Gasteiger partial charge in [-0.2, -0.15) is 5.26 Å². The van der Waals surface area contributed by atoms with Crippen molar-refractivity contribution in [3.05, 3.63) is 168 Å². The summed E-state index contributed by atoms with van der Waals surface area (Å²) in [5.41, 5.74) is 7.34. The number of nitrogens with zero attached hydrogens (tertiary/aromatic N) is 2. The molecule has 0 unspecified atom stereocenters. The summed E-state index contributed by atoms with van der Waals surface area (Å²) in [5, 5.41) is 27.6. The van der Waals surface area contributed by atoms with E-state index in [0.29, 0.717) is 23.5 Å². The molecule has 6 aromatic carbocycles. The summed E-state index contributed by atoms with van der Waals surface area (Å²) < 4.78 is 2.52. The molecule has 1 aromatic heterocycles. The second-order valence-electron chi connectivity index (χ2n) is 10.9. The zero-order valence-electron chi connectivity index (χ0n) is 24.9. The Morgan fingerprint density at radius 2 is 1.43 bits per heavy atom. The molecule has 1 heterocycles. The summed E-state index contributed by atoms with van der Waals surface area (Å²) in [7, 11) is 0. The van der Waals surface area contributed by atoms with Gasteiger partial charge in [-0.1, -0.05) is 91.0 Å². The van der Waals surface area contributed by atoms with Crippen LogP contribution in [0.3, 0.4) is 0 Å². The molecule has 0 radical (unpaired) electrons. The van der Waals surface area contributed by atoms with Crippen molar-refractivity contribution >= 4 is 54.6 Å². The predicted octanol–water partition coefficient (Wildman–Crippen LogP) is 9.90. The number of hydrogen-bond acceptors (Lipinski definition) is 4. The van der Waals surface area contributed by atoms with E-state index in [1.165, 1.54) is 20.2 Å². The average Bonchev–Trinajstić information content (AvgIpc) is 3.48. The fourth-order valence-corrected chi connectivity index (χ4v) is 6.62. The second kappa shape index (κ2) is 12.9. The standard InChI is InChI=1S/C40H29N5S/c41-25-27-18-20-30(21-19-27)39(42)45-40(43-26-28-10-3-1-4-11-28)31-14-9-15-32(22-31)44-36-23-35-33-16-7-8-17-37(33)46-38(35)24-34(36)29-12-5-2-6-13-29/h1-24,44H,26H2,(H2,42,43,45). The Labute approximate surface area is 271 Å². The number of amidine groups is 2. The third-order valence-corrected chi connectivity index (χ3v) is 8.96. The van der Waals surface area contributed by atoms with Gasteiger partial charge < -0.3 is 10.6 Å². The molecule has 46 heavy (non-hydrogen) atoms. The Balaban J connectivity index is 1.27. The normalized spacial score (nSPS) is 11.3. The number of rotatable bonds is 7. The van der Waals surface area contributed by atoms with Crippen molar-refractivity contribution in [2.24, 2.45) is 4.99 Å². The van der Waals surface area contributed by atoms with E-state index in [0.717, 1.165) is 33.6 Å². The molecule has 0 bridgehead atoms. The van der Waals surface area contributed by atoms with Crippen LogP contribution in [-0.2, 0) is 6.54 Å². The van der Waals surface area contributed by atoms with Crippen LogP contribution < -0.4 is 10.6 Å². The molecule has 0 fully saturated rings. The third kappa shape index (κ3) is 6.14. The van der Waals surface area contributed by atoms with Crippen molar-refractivity contribution in [3.63, 3.8) is 0 Å². The van der Waals surface area contributed by atoms with Crippen molar-refractivity contribution < 1.29 is 0 Å². The fourth-order valence-electron chi connectivity index (χ4n) is 5.50. The van der Waals surface area contributed by atoms with Crippen LogP contribution in [-0.4, -0.2) is 11.7 Å². The number of anilines is 2. The molecule has 0 aliphatic carbocycles. The lowest BCUT2D eigenvalue weighted by Gasteiger charge is -2.16. The molecule has 0 atom stereocenters. The number of benzene rings is 6. The van der Waals surface area contributed by atoms with Crippen LogP contribution in [0.2, 0.25) is 0 Å². The molecule has 0 amide bonds. The molecule has 7 aromatic rings. The summed E-state index contributed by atoms with van der Waals surface area (Å²) in [4.78, 5) is 4.75. The minimum Gasteiger partial charge on any atom is -0.365 e. The van der Waals surface area contributed by atoms with E-state index < -0.39 is 0 Å². The molecule has 7 rings (SSSR count). The van der Waals surface area contributed by atoms with E-state index in [4.69, 9.17) is 10.4 Å². The van der Waals surface area contributed by atoms with E-state index in [9.17, 15) is 5.26 Å². The van der Waals surface area contributed by atoms with E-state index >= 15 is 0 Å². The Hall–Kier alpha value is -6.03. The first-order valence-electron chi connectivity index (χ1n) is 15.0. The van der Waals surface area contributed by atoms with E-state index in [2.05, 4.69) is 102 Å². The molecule has 6 heteroatoms. The smallest absolute Gasteiger partial charge is 0.154 e. The molecular weight excluding hydrogens is 583 g/mol. The fraction of sp³-hybridized carbons (Fsp3) is 0.0250. The van der Waals surface area contributed by atoms with Gasteiger partial charge in [-0.3, -0.25) is 5.41 Å². The van der Waals surface area contributed by atoms with Crippen molar-refractivity contribution in [2.75, 3.05) is 5.32 Å². The highest BCUT2D eigenvalue weighted by Crippen LogP contribution is 2.41. The second-order valence-corrected chi connectivity index (χ2v) is 12.0. The first-order valence-corrected chi connectivity index (χ1v) is 15.8. The number of hydrogen-bond donors (Lipinski definition) is 3. The SMILES string of the molecule is N#Cc1ccc(C(=N)N=C(NCc2ccccc2)c2cccc(Nc3cc4c(cc3-c3ccccc3)sc3ccccc34)c2)cc1. The van der Waals surface area contributed by atoms with Crippen LogP contribution in [0.1, 0.15) is 22.3 Å². The maximum atomic E-state index is 9.19. The minimum absolute atomic E-state index is 0.111. The Morgan fingerprint density at radius 3 is 2.22 bits per heavy atom. The maximum absolute atomic E-state index is 9.19. The molecule has 220 valence electrons. The lowest BCUT2D eigenvalue weighted by molar-refractivity contribution is 0.915. The quantitative estimate of drug-likeness (QED) is 0.124. The van der Waals surface area contributed by atoms with Gasteiger partial charge in [-0.25, -0.2) is 4.99 Å². The van der Waals surface area contributed by atoms with E-state index in [1.54, 1.807) is 24.3 Å². The van der Waals surface area contributed by atoms with Gasteiger partial charge in [0.05, 0.1) is 11.6 Å². The predicted molar refractivity (Wildman–Crippen MR) is 192 cm³/mol. The Bertz CT molecular complexity index is 2250. The Morgan fingerprint density at radius 1 is 0.696 bits per heavy atom. The van der Waals surface area contributed by atoms with Crippen LogP contribution in [0.25, 0.3) is 31.3 Å². The lowest BCUT2D eigenvalue weighted by Crippen LogP contribution is -2.25. The maximum Gasteiger partial charge on any atom is 0.154 e. The summed E-state index contributed by atoms with van der Waals surface area (Å²) >= 11 is 1.81. The van der Waals surface area contributed by atoms with Gasteiger partial charge in [0.1, 0.15) is 5.84 Å². The van der Waals surface area contributed by atoms with Crippen LogP contribution in [0, 0.1) is 16.7 Å². The van der Waals surface area contributed by atoms with Crippen molar-refractivity contribution in [1.29, 1.82) is 10.7 Å². The van der Waals surface area contributed by atoms with E-state index in [-0.39, 0.29) is 5.84 Å². The molecule has 0 saturated heterocycles. The highest BCUT2D eigenvalue weighted by Gasteiger charge is 2.14. The summed E-state index contributed by atoms with van der Waals surface area (Å²) in [6.45, 7) is 0.554. The zero-order valence-corrected chi connectivity index (χ0v) is 25.7. The third-order valence-electron chi connectivity index (χ3n) is 7.83. The molecular formula is C40H29N5S. The van der Waals surface area contributed by atoms with Crippen LogP contribution in [0.5, 0.6) is 0 Å². The Kier molecular flexibility index (Phi) is 8.06. The lowest BCUT2D eigenvalue weighted by atomic mass is 10.0. The van der Waals surface area contributed by atoms with E-state index in [1.807, 2.05) is 47.7 Å². The van der Waals surface area contributed by atoms with Crippen LogP contribution >= 0.6 is 11.3 Å². The molecule has 0 saturated carbocycles. The number of aliphatic imine (C=N–C) groups is 1. The van der Waals surface area contributed by atoms with Crippen LogP contribution in [0.4, 0.5) is 11.4 Å². The minimum atomic E-state index is 0.111. The topological polar surface area (TPSA) is 84.1 Å². The highest BCUT2D eigenvalue weighted by molar-refractivity contribution is 7.25. The van der Waals surface area contributed by atoms with Crippen molar-refractivity contribution in [2.45, 2.75) is 6.54 Å². The summed E-state index contributed by atoms with van der Waals surface area (Å²) in [5.74, 6) is 0.698. The van der Waals surface area contributed by atoms with Gasteiger partial charge in [-0.15, -0.1) is 11.3 Å². The average molecular weight is 612 g/mol. The summed E-state index contributed by atoms with van der Waals surface area (Å²) in [6.07, 6.45) is 0. The van der Waals surface area contributed by atoms with Gasteiger partial charge in [0.15, 0.2) is 5.84 Å². The largest absolute Gasteiger partial charge is 0.365 e. The van der Waals surface area contributed by atoms with Gasteiger partial charge in [0.2, 0.25) is 0 Å². The first-order chi connectivity index (χ1) is 22.6. The molecule has 3 N–H and O–H groups in total. The highest BCUT2D eigenvalue weighted by atomic mass is 32.1. The van der Waals surface area contributed by atoms with Crippen molar-refractivity contribution in [3.8, 4) is 17.2 Å². The molecule has 0 aliphatic rings. The number of nitriles is 1. The summed E-state index contributed by atoms with van der Waals surface area (Å²) in [6, 6.07) is 50.9. The van der Waals surface area contributed by atoms with Crippen LogP contribution in [0.15, 0.2) is 151 Å². The van der Waals surface area contributed by atoms with Gasteiger partial charge in [0, 0.05) is 54.8 Å². The molecule has 0 aliphatic heterocycles. The molecule has 0 spiro atoms. The monoisotopic (exact) mass is 611 g/mol. The first kappa shape index (κ1) is 28.7.